The lowest BCUT2D eigenvalue weighted by Gasteiger charge is -1.96. The van der Waals surface area contributed by atoms with E-state index in [0.717, 1.165) is 0 Å². The van der Waals surface area contributed by atoms with Crippen LogP contribution in [0.2, 0.25) is 5.15 Å². The Labute approximate surface area is 91.9 Å². The molecule has 6 heteroatoms. The predicted octanol–water partition coefficient (Wildman–Crippen LogP) is 2.37. The Morgan fingerprint density at radius 1 is 1.60 bits per heavy atom. The maximum absolute atomic E-state index is 8.02. The van der Waals surface area contributed by atoms with Gasteiger partial charge in [-0.05, 0) is 23.6 Å². The number of halogens is 1. The molecule has 0 aliphatic carbocycles. The summed E-state index contributed by atoms with van der Waals surface area (Å²) in [6.45, 7) is 0.337. The number of hydrogen-bond acceptors (Lipinski definition) is 3. The second kappa shape index (κ2) is 5.76. The van der Waals surface area contributed by atoms with Gasteiger partial charge in [0, 0.05) is 17.9 Å². The maximum Gasteiger partial charge on any atom is 0.137 e. The van der Waals surface area contributed by atoms with Gasteiger partial charge in [-0.25, -0.2) is 4.98 Å². The Balaban J connectivity index is 2.70. The summed E-state index contributed by atoms with van der Waals surface area (Å²) < 4.78 is 0. The van der Waals surface area contributed by atoms with E-state index in [0.29, 0.717) is 29.5 Å². The Bertz CT molecular complexity index is 453. The van der Waals surface area contributed by atoms with E-state index >= 15 is 0 Å². The van der Waals surface area contributed by atoms with E-state index in [-0.39, 0.29) is 0 Å². The Morgan fingerprint density at radius 3 is 3.13 bits per heavy atom. The number of anilines is 1. The summed E-state index contributed by atoms with van der Waals surface area (Å²) >= 11 is 5.68. The van der Waals surface area contributed by atoms with Crippen molar-refractivity contribution in [1.29, 1.82) is 0 Å². The molecular formula is C9H8ClN5. The number of pyridine rings is 1. The van der Waals surface area contributed by atoms with Gasteiger partial charge in [-0.15, -0.1) is 0 Å². The number of aromatic nitrogens is 1. The van der Waals surface area contributed by atoms with Gasteiger partial charge in [0.05, 0.1) is 5.69 Å². The lowest BCUT2D eigenvalue weighted by molar-refractivity contribution is 1.01. The van der Waals surface area contributed by atoms with Crippen LogP contribution in [0.15, 0.2) is 17.2 Å². The van der Waals surface area contributed by atoms with Gasteiger partial charge in [0.25, 0.3) is 0 Å². The first-order valence-corrected chi connectivity index (χ1v) is 4.53. The smallest absolute Gasteiger partial charge is 0.137 e. The van der Waals surface area contributed by atoms with Crippen molar-refractivity contribution in [3.63, 3.8) is 0 Å². The third-order valence-corrected chi connectivity index (χ3v) is 1.71. The van der Waals surface area contributed by atoms with Crippen LogP contribution in [0.25, 0.3) is 10.4 Å². The number of rotatable bonds is 2. The van der Waals surface area contributed by atoms with Crippen LogP contribution in [0.4, 0.5) is 5.69 Å². The van der Waals surface area contributed by atoms with Crippen molar-refractivity contribution in [2.75, 3.05) is 12.3 Å². The van der Waals surface area contributed by atoms with Gasteiger partial charge < -0.3 is 5.73 Å². The van der Waals surface area contributed by atoms with E-state index < -0.39 is 0 Å². The van der Waals surface area contributed by atoms with Crippen molar-refractivity contribution in [1.82, 2.24) is 4.98 Å². The van der Waals surface area contributed by atoms with Crippen molar-refractivity contribution in [3.05, 3.63) is 33.4 Å². The summed E-state index contributed by atoms with van der Waals surface area (Å²) in [6.07, 6.45) is 0.470. The van der Waals surface area contributed by atoms with Gasteiger partial charge in [-0.1, -0.05) is 22.6 Å². The molecule has 0 aliphatic rings. The highest BCUT2D eigenvalue weighted by atomic mass is 35.5. The van der Waals surface area contributed by atoms with Crippen LogP contribution in [0.5, 0.6) is 0 Å². The predicted molar refractivity (Wildman–Crippen MR) is 59.2 cm³/mol. The van der Waals surface area contributed by atoms with Crippen molar-refractivity contribution in [2.45, 2.75) is 6.42 Å². The first-order chi connectivity index (χ1) is 7.24. The van der Waals surface area contributed by atoms with Gasteiger partial charge >= 0.3 is 0 Å². The monoisotopic (exact) mass is 221 g/mol. The van der Waals surface area contributed by atoms with Crippen LogP contribution >= 0.6 is 11.6 Å². The molecule has 0 aromatic carbocycles. The fourth-order valence-corrected chi connectivity index (χ4v) is 0.991. The molecule has 0 bridgehead atoms. The van der Waals surface area contributed by atoms with Gasteiger partial charge in [0.2, 0.25) is 0 Å². The van der Waals surface area contributed by atoms with E-state index in [1.54, 1.807) is 12.1 Å². The molecular weight excluding hydrogens is 214 g/mol. The first-order valence-electron chi connectivity index (χ1n) is 4.16. The molecule has 0 spiro atoms. The van der Waals surface area contributed by atoms with Crippen LogP contribution in [0, 0.1) is 11.8 Å². The van der Waals surface area contributed by atoms with Crippen LogP contribution in [-0.4, -0.2) is 11.5 Å². The molecule has 1 aromatic heterocycles. The highest BCUT2D eigenvalue weighted by Gasteiger charge is 1.97. The Morgan fingerprint density at radius 2 is 2.40 bits per heavy atom. The molecule has 0 amide bonds. The average Bonchev–Trinajstić information content (AvgIpc) is 2.23. The lowest BCUT2D eigenvalue weighted by atomic mass is 10.3. The topological polar surface area (TPSA) is 87.7 Å². The fourth-order valence-electron chi connectivity index (χ4n) is 0.843. The fraction of sp³-hybridized carbons (Fsp3) is 0.222. The molecule has 0 saturated heterocycles. The lowest BCUT2D eigenvalue weighted by Crippen LogP contribution is -1.93. The summed E-state index contributed by atoms with van der Waals surface area (Å²) in [5.41, 5.74) is 14.6. The zero-order valence-electron chi connectivity index (χ0n) is 7.81. The zero-order valence-corrected chi connectivity index (χ0v) is 8.57. The molecule has 0 unspecified atom stereocenters. The van der Waals surface area contributed by atoms with Crippen molar-refractivity contribution < 1.29 is 0 Å². The van der Waals surface area contributed by atoms with Crippen LogP contribution in [0.1, 0.15) is 12.1 Å². The van der Waals surface area contributed by atoms with E-state index in [2.05, 4.69) is 26.9 Å². The molecule has 0 radical (unpaired) electrons. The molecule has 0 aliphatic heterocycles. The van der Waals surface area contributed by atoms with Gasteiger partial charge in [0.15, 0.2) is 0 Å². The van der Waals surface area contributed by atoms with Crippen molar-refractivity contribution >= 4 is 17.3 Å². The molecule has 0 saturated carbocycles. The van der Waals surface area contributed by atoms with E-state index in [1.807, 2.05) is 0 Å². The molecule has 1 rings (SSSR count). The van der Waals surface area contributed by atoms with Crippen LogP contribution in [-0.2, 0) is 0 Å². The normalized spacial score (nSPS) is 8.60. The molecule has 76 valence electrons. The Hall–Kier alpha value is -1.89. The standard InChI is InChI=1S/C9H8ClN5/c10-9-5-4-7(11)8(14-9)3-1-2-6-13-15-12/h4-5H,2,6,11H2. The summed E-state index contributed by atoms with van der Waals surface area (Å²) in [4.78, 5) is 6.56. The number of nitrogens with zero attached hydrogens (tertiary/aromatic N) is 4. The number of nitrogens with two attached hydrogens (primary N) is 1. The summed E-state index contributed by atoms with van der Waals surface area (Å²) in [6, 6.07) is 3.24. The average molecular weight is 222 g/mol. The maximum atomic E-state index is 8.02. The minimum Gasteiger partial charge on any atom is -0.396 e. The molecule has 1 aromatic rings. The van der Waals surface area contributed by atoms with Crippen LogP contribution < -0.4 is 5.73 Å². The SMILES string of the molecule is [N-]=[N+]=NCCC#Cc1nc(Cl)ccc1N. The molecule has 1 heterocycles. The Kier molecular flexibility index (Phi) is 4.30. The van der Waals surface area contributed by atoms with Crippen LogP contribution in [0.3, 0.4) is 0 Å². The summed E-state index contributed by atoms with van der Waals surface area (Å²) in [5.74, 6) is 5.55. The molecule has 2 N–H and O–H groups in total. The quantitative estimate of drug-likeness (QED) is 0.208. The van der Waals surface area contributed by atoms with E-state index in [9.17, 15) is 0 Å². The van der Waals surface area contributed by atoms with E-state index in [1.165, 1.54) is 0 Å². The number of nitrogen functional groups attached to an aromatic ring is 1. The molecule has 15 heavy (non-hydrogen) atoms. The third-order valence-electron chi connectivity index (χ3n) is 1.50. The summed E-state index contributed by atoms with van der Waals surface area (Å²) in [5, 5.41) is 3.69. The minimum absolute atomic E-state index is 0.337. The summed E-state index contributed by atoms with van der Waals surface area (Å²) in [7, 11) is 0. The molecule has 0 atom stereocenters. The second-order valence-electron chi connectivity index (χ2n) is 2.58. The molecule has 0 fully saturated rings. The van der Waals surface area contributed by atoms with Crippen molar-refractivity contribution in [2.24, 2.45) is 5.11 Å². The highest BCUT2D eigenvalue weighted by molar-refractivity contribution is 6.29. The van der Waals surface area contributed by atoms with Gasteiger partial charge in [-0.2, -0.15) is 0 Å². The highest BCUT2D eigenvalue weighted by Crippen LogP contribution is 2.11. The minimum atomic E-state index is 0.337. The third kappa shape index (κ3) is 3.77. The van der Waals surface area contributed by atoms with E-state index in [4.69, 9.17) is 22.9 Å². The van der Waals surface area contributed by atoms with Gasteiger partial charge in [0.1, 0.15) is 10.8 Å². The largest absolute Gasteiger partial charge is 0.396 e. The van der Waals surface area contributed by atoms with Crippen molar-refractivity contribution in [3.8, 4) is 11.8 Å². The second-order valence-corrected chi connectivity index (χ2v) is 2.97. The number of hydrogen-bond donors (Lipinski definition) is 1. The number of azide groups is 1. The first kappa shape index (κ1) is 11.2. The molecule has 5 nitrogen and oxygen atoms in total. The zero-order chi connectivity index (χ0) is 11.1. The van der Waals surface area contributed by atoms with Gasteiger partial charge in [-0.3, -0.25) is 0 Å².